The van der Waals surface area contributed by atoms with E-state index in [2.05, 4.69) is 4.99 Å². The molecule has 1 aromatic carbocycles. The quantitative estimate of drug-likeness (QED) is 0.740. The van der Waals surface area contributed by atoms with Crippen LogP contribution in [0.5, 0.6) is 0 Å². The van der Waals surface area contributed by atoms with Gasteiger partial charge in [-0.1, -0.05) is 0 Å². The molecule has 16 heavy (non-hydrogen) atoms. The van der Waals surface area contributed by atoms with Gasteiger partial charge in [-0.2, -0.15) is 0 Å². The summed E-state index contributed by atoms with van der Waals surface area (Å²) in [5.74, 6) is -1.07. The van der Waals surface area contributed by atoms with Crippen LogP contribution in [0.1, 0.15) is 10.4 Å². The number of halogens is 1. The predicted molar refractivity (Wildman–Crippen MR) is 57.5 cm³/mol. The summed E-state index contributed by atoms with van der Waals surface area (Å²) >= 11 is 0. The van der Waals surface area contributed by atoms with Crippen molar-refractivity contribution in [3.05, 3.63) is 29.6 Å². The lowest BCUT2D eigenvalue weighted by Gasteiger charge is -2.15. The van der Waals surface area contributed by atoms with E-state index in [1.807, 2.05) is 0 Å². The molecule has 84 valence electrons. The van der Waals surface area contributed by atoms with Gasteiger partial charge in [-0.3, -0.25) is 9.79 Å². The Balaban J connectivity index is 2.56. The van der Waals surface area contributed by atoms with Crippen LogP contribution in [0, 0.1) is 5.82 Å². The first-order valence-corrected chi connectivity index (χ1v) is 6.42. The molecule has 0 saturated carbocycles. The molecular weight excluding hydrogens is 233 g/mol. The van der Waals surface area contributed by atoms with Gasteiger partial charge in [0, 0.05) is 24.1 Å². The Bertz CT molecular complexity index is 592. The molecule has 0 bridgehead atoms. The SMILES string of the molecule is CS(=O)(=O)C1C=Nc2cc(F)ccc2C1=O. The zero-order valence-electron chi connectivity index (χ0n) is 8.34. The smallest absolute Gasteiger partial charge is 0.188 e. The fourth-order valence-corrected chi connectivity index (χ4v) is 2.29. The summed E-state index contributed by atoms with van der Waals surface area (Å²) in [4.78, 5) is 15.6. The van der Waals surface area contributed by atoms with Gasteiger partial charge in [0.1, 0.15) is 5.82 Å². The molecule has 0 aromatic heterocycles. The van der Waals surface area contributed by atoms with Gasteiger partial charge in [-0.25, -0.2) is 12.8 Å². The number of Topliss-reactive ketones (excluding diaryl/α,β-unsaturated/α-hetero) is 1. The Morgan fingerprint density at radius 2 is 2.06 bits per heavy atom. The first kappa shape index (κ1) is 10.9. The average molecular weight is 241 g/mol. The minimum absolute atomic E-state index is 0.138. The Morgan fingerprint density at radius 3 is 2.69 bits per heavy atom. The summed E-state index contributed by atoms with van der Waals surface area (Å²) in [5, 5.41) is -1.26. The Morgan fingerprint density at radius 1 is 1.38 bits per heavy atom. The van der Waals surface area contributed by atoms with Crippen LogP contribution in [0.2, 0.25) is 0 Å². The first-order chi connectivity index (χ1) is 7.39. The molecule has 0 radical (unpaired) electrons. The van der Waals surface area contributed by atoms with Gasteiger partial charge in [-0.05, 0) is 12.1 Å². The summed E-state index contributed by atoms with van der Waals surface area (Å²) in [6.07, 6.45) is 2.01. The fraction of sp³-hybridized carbons (Fsp3) is 0.200. The van der Waals surface area contributed by atoms with Crippen LogP contribution < -0.4 is 0 Å². The molecule has 0 aliphatic carbocycles. The van der Waals surface area contributed by atoms with E-state index in [4.69, 9.17) is 0 Å². The highest BCUT2D eigenvalue weighted by Crippen LogP contribution is 2.26. The summed E-state index contributed by atoms with van der Waals surface area (Å²) in [6.45, 7) is 0. The Labute approximate surface area is 91.7 Å². The van der Waals surface area contributed by atoms with Crippen molar-refractivity contribution in [1.82, 2.24) is 0 Å². The molecule has 1 aliphatic heterocycles. The van der Waals surface area contributed by atoms with Crippen molar-refractivity contribution in [2.45, 2.75) is 5.25 Å². The first-order valence-electron chi connectivity index (χ1n) is 4.46. The van der Waals surface area contributed by atoms with E-state index in [0.29, 0.717) is 0 Å². The van der Waals surface area contributed by atoms with Crippen LogP contribution in [0.3, 0.4) is 0 Å². The number of nitrogens with zero attached hydrogens (tertiary/aromatic N) is 1. The van der Waals surface area contributed by atoms with E-state index in [1.54, 1.807) is 0 Å². The fourth-order valence-electron chi connectivity index (χ4n) is 1.49. The van der Waals surface area contributed by atoms with Crippen LogP contribution in [-0.2, 0) is 9.84 Å². The number of hydrogen-bond acceptors (Lipinski definition) is 4. The number of carbonyl (C=O) groups excluding carboxylic acids is 1. The molecule has 1 unspecified atom stereocenters. The standard InChI is InChI=1S/C10H8FNO3S/c1-16(14,15)9-5-12-8-4-6(11)2-3-7(8)10(9)13/h2-5,9H,1H3. The molecule has 0 fully saturated rings. The second kappa shape index (κ2) is 3.48. The molecular formula is C10H8FNO3S. The number of fused-ring (bicyclic) bond motifs is 1. The number of hydrogen-bond donors (Lipinski definition) is 0. The van der Waals surface area contributed by atoms with Crippen molar-refractivity contribution < 1.29 is 17.6 Å². The van der Waals surface area contributed by atoms with Gasteiger partial charge in [-0.15, -0.1) is 0 Å². The van der Waals surface area contributed by atoms with Crippen LogP contribution in [0.15, 0.2) is 23.2 Å². The van der Waals surface area contributed by atoms with Crippen molar-refractivity contribution in [3.63, 3.8) is 0 Å². The normalized spacial score (nSPS) is 19.6. The molecule has 1 heterocycles. The molecule has 0 spiro atoms. The van der Waals surface area contributed by atoms with Crippen LogP contribution in [-0.4, -0.2) is 31.9 Å². The van der Waals surface area contributed by atoms with E-state index in [1.165, 1.54) is 6.07 Å². The van der Waals surface area contributed by atoms with E-state index in [0.717, 1.165) is 24.6 Å². The number of ketones is 1. The van der Waals surface area contributed by atoms with E-state index >= 15 is 0 Å². The van der Waals surface area contributed by atoms with Gasteiger partial charge in [0.05, 0.1) is 5.69 Å². The van der Waals surface area contributed by atoms with Crippen molar-refractivity contribution in [3.8, 4) is 0 Å². The van der Waals surface area contributed by atoms with E-state index in [9.17, 15) is 17.6 Å². The van der Waals surface area contributed by atoms with Gasteiger partial charge >= 0.3 is 0 Å². The molecule has 1 aliphatic rings. The zero-order valence-corrected chi connectivity index (χ0v) is 9.16. The highest BCUT2D eigenvalue weighted by atomic mass is 32.2. The lowest BCUT2D eigenvalue weighted by molar-refractivity contribution is 0.100. The number of rotatable bonds is 1. The maximum atomic E-state index is 12.8. The highest BCUT2D eigenvalue weighted by Gasteiger charge is 2.32. The summed E-state index contributed by atoms with van der Waals surface area (Å²) in [5.41, 5.74) is 0.309. The van der Waals surface area contributed by atoms with Crippen LogP contribution in [0.4, 0.5) is 10.1 Å². The average Bonchev–Trinajstić information content (AvgIpc) is 2.15. The summed E-state index contributed by atoms with van der Waals surface area (Å²) < 4.78 is 35.4. The van der Waals surface area contributed by atoms with Crippen molar-refractivity contribution in [2.24, 2.45) is 4.99 Å². The second-order valence-corrected chi connectivity index (χ2v) is 5.72. The molecule has 6 heteroatoms. The van der Waals surface area contributed by atoms with Gasteiger partial charge in [0.25, 0.3) is 0 Å². The number of carbonyl (C=O) groups is 1. The lowest BCUT2D eigenvalue weighted by Crippen LogP contribution is -2.33. The van der Waals surface area contributed by atoms with Crippen LogP contribution >= 0.6 is 0 Å². The third kappa shape index (κ3) is 1.76. The molecule has 0 amide bonds. The second-order valence-electron chi connectivity index (χ2n) is 3.55. The Hall–Kier alpha value is -1.56. The largest absolute Gasteiger partial charge is 0.292 e. The van der Waals surface area contributed by atoms with Crippen molar-refractivity contribution >= 4 is 27.5 Å². The number of sulfone groups is 1. The van der Waals surface area contributed by atoms with Crippen LogP contribution in [0.25, 0.3) is 0 Å². The Kier molecular flexibility index (Phi) is 2.38. The minimum atomic E-state index is -3.52. The molecule has 2 rings (SSSR count). The minimum Gasteiger partial charge on any atom is -0.292 e. The predicted octanol–water partition coefficient (Wildman–Crippen LogP) is 1.14. The maximum Gasteiger partial charge on any atom is 0.188 e. The molecule has 1 atom stereocenters. The van der Waals surface area contributed by atoms with E-state index in [-0.39, 0.29) is 11.3 Å². The highest BCUT2D eigenvalue weighted by molar-refractivity contribution is 7.92. The lowest BCUT2D eigenvalue weighted by atomic mass is 10.0. The monoisotopic (exact) mass is 241 g/mol. The van der Waals surface area contributed by atoms with Gasteiger partial charge < -0.3 is 0 Å². The maximum absolute atomic E-state index is 12.8. The zero-order chi connectivity index (χ0) is 11.9. The third-order valence-electron chi connectivity index (χ3n) is 2.29. The number of benzene rings is 1. The summed E-state index contributed by atoms with van der Waals surface area (Å²) in [6, 6.07) is 3.46. The van der Waals surface area contributed by atoms with E-state index < -0.39 is 26.7 Å². The third-order valence-corrected chi connectivity index (χ3v) is 3.55. The topological polar surface area (TPSA) is 63.6 Å². The molecule has 4 nitrogen and oxygen atoms in total. The number of aliphatic imine (C=N–C) groups is 1. The van der Waals surface area contributed by atoms with Gasteiger partial charge in [0.15, 0.2) is 20.9 Å². The summed E-state index contributed by atoms with van der Waals surface area (Å²) in [7, 11) is -3.52. The van der Waals surface area contributed by atoms with Crippen molar-refractivity contribution in [2.75, 3.05) is 6.26 Å². The molecule has 0 N–H and O–H groups in total. The van der Waals surface area contributed by atoms with Gasteiger partial charge in [0.2, 0.25) is 0 Å². The molecule has 0 saturated heterocycles. The van der Waals surface area contributed by atoms with Crippen molar-refractivity contribution in [1.29, 1.82) is 0 Å². The molecule has 1 aromatic rings.